The second kappa shape index (κ2) is 11.3. The van der Waals surface area contributed by atoms with E-state index in [0.717, 1.165) is 24.8 Å². The molecule has 200 valence electrons. The van der Waals surface area contributed by atoms with Crippen LogP contribution in [0.4, 0.5) is 0 Å². The monoisotopic (exact) mass is 527 g/mol. The van der Waals surface area contributed by atoms with Crippen molar-refractivity contribution >= 4 is 21.7 Å². The molecule has 37 heavy (non-hydrogen) atoms. The highest BCUT2D eigenvalue weighted by atomic mass is 32.2. The number of hydrogen-bond acceptors (Lipinski definition) is 7. The van der Waals surface area contributed by atoms with E-state index >= 15 is 0 Å². The second-order valence-corrected chi connectivity index (χ2v) is 12.8. The standard InChI is InChI=1S/C27H37N5O4S/c1-18(2)31(3)21-10-11-25(20(14-21)17-37(4,35)36)32-13-12-22(27(32)34)30-26(33)24-16-28-15-23(29-24)19-8-6-5-7-9-19/h5-9,15-16,18,20-22,25H,10-14,17H2,1-4H3,(H,30,33)/t20-,21-,22+,25+/m1/s1. The van der Waals surface area contributed by atoms with Gasteiger partial charge in [0, 0.05) is 36.5 Å². The summed E-state index contributed by atoms with van der Waals surface area (Å²) in [5.74, 6) is -0.676. The van der Waals surface area contributed by atoms with E-state index in [-0.39, 0.29) is 35.4 Å². The third-order valence-electron chi connectivity index (χ3n) is 7.70. The number of carbonyl (C=O) groups is 2. The minimum Gasteiger partial charge on any atom is -0.339 e. The summed E-state index contributed by atoms with van der Waals surface area (Å²) in [6, 6.07) is 9.30. The van der Waals surface area contributed by atoms with Crippen molar-refractivity contribution < 1.29 is 18.0 Å². The number of carbonyl (C=O) groups excluding carboxylic acids is 2. The number of benzene rings is 1. The van der Waals surface area contributed by atoms with Crippen molar-refractivity contribution in [2.75, 3.05) is 25.6 Å². The van der Waals surface area contributed by atoms with Gasteiger partial charge in [0.05, 0.1) is 23.8 Å². The zero-order valence-corrected chi connectivity index (χ0v) is 22.8. The first-order valence-corrected chi connectivity index (χ1v) is 15.0. The van der Waals surface area contributed by atoms with Crippen molar-refractivity contribution in [1.29, 1.82) is 0 Å². The summed E-state index contributed by atoms with van der Waals surface area (Å²) in [7, 11) is -1.13. The van der Waals surface area contributed by atoms with E-state index in [4.69, 9.17) is 0 Å². The number of rotatable bonds is 8. The van der Waals surface area contributed by atoms with E-state index in [1.165, 1.54) is 12.5 Å². The van der Waals surface area contributed by atoms with Crippen LogP contribution in [-0.4, -0.2) is 89.8 Å². The van der Waals surface area contributed by atoms with Gasteiger partial charge in [0.15, 0.2) is 0 Å². The number of sulfone groups is 1. The van der Waals surface area contributed by atoms with Gasteiger partial charge in [-0.1, -0.05) is 30.3 Å². The van der Waals surface area contributed by atoms with Crippen LogP contribution in [0.1, 0.15) is 50.0 Å². The average Bonchev–Trinajstić information content (AvgIpc) is 3.22. The summed E-state index contributed by atoms with van der Waals surface area (Å²) in [5, 5.41) is 2.84. The lowest BCUT2D eigenvalue weighted by atomic mass is 9.81. The van der Waals surface area contributed by atoms with Crippen LogP contribution in [0.2, 0.25) is 0 Å². The van der Waals surface area contributed by atoms with E-state index < -0.39 is 21.8 Å². The molecule has 0 spiro atoms. The molecule has 2 aromatic rings. The maximum atomic E-state index is 13.4. The number of nitrogens with zero attached hydrogens (tertiary/aromatic N) is 4. The summed E-state index contributed by atoms with van der Waals surface area (Å²) in [5.41, 5.74) is 1.59. The van der Waals surface area contributed by atoms with E-state index in [0.29, 0.717) is 24.7 Å². The van der Waals surface area contributed by atoms with Gasteiger partial charge in [0.2, 0.25) is 5.91 Å². The zero-order valence-electron chi connectivity index (χ0n) is 22.0. The SMILES string of the molecule is CC(C)N(C)[C@@H]1CC[C@H](N2CC[C@H](NC(=O)c3cncc(-c4ccccc4)n3)C2=O)[C@@H](CS(C)(=O)=O)C1. The van der Waals surface area contributed by atoms with Gasteiger partial charge in [-0.05, 0) is 52.5 Å². The molecule has 2 amide bonds. The minimum absolute atomic E-state index is 0.0583. The van der Waals surface area contributed by atoms with Gasteiger partial charge in [-0.3, -0.25) is 14.6 Å². The average molecular weight is 528 g/mol. The molecule has 4 atom stereocenters. The fourth-order valence-electron chi connectivity index (χ4n) is 5.61. The fraction of sp³-hybridized carbons (Fsp3) is 0.556. The fourth-order valence-corrected chi connectivity index (χ4v) is 6.75. The molecule has 0 unspecified atom stereocenters. The molecule has 2 aliphatic rings. The van der Waals surface area contributed by atoms with E-state index in [1.807, 2.05) is 30.3 Å². The van der Waals surface area contributed by atoms with Gasteiger partial charge < -0.3 is 15.1 Å². The van der Waals surface area contributed by atoms with Crippen molar-refractivity contribution in [2.24, 2.45) is 5.92 Å². The number of likely N-dealkylation sites (tertiary alicyclic amines) is 1. The van der Waals surface area contributed by atoms with Crippen LogP contribution in [0.5, 0.6) is 0 Å². The molecule has 4 rings (SSSR count). The molecule has 1 aliphatic heterocycles. The topological polar surface area (TPSA) is 113 Å². The predicted octanol–water partition coefficient (Wildman–Crippen LogP) is 2.40. The quantitative estimate of drug-likeness (QED) is 0.561. The Kier molecular flexibility index (Phi) is 8.28. The summed E-state index contributed by atoms with van der Waals surface area (Å²) in [6.07, 6.45) is 7.13. The Hall–Kier alpha value is -2.85. The summed E-state index contributed by atoms with van der Waals surface area (Å²) in [4.78, 5) is 39.1. The molecule has 10 heteroatoms. The van der Waals surface area contributed by atoms with Crippen molar-refractivity contribution in [2.45, 2.75) is 63.7 Å². The number of hydrogen-bond donors (Lipinski definition) is 1. The lowest BCUT2D eigenvalue weighted by Crippen LogP contribution is -2.53. The van der Waals surface area contributed by atoms with Gasteiger partial charge in [-0.25, -0.2) is 13.4 Å². The van der Waals surface area contributed by atoms with Crippen LogP contribution in [-0.2, 0) is 14.6 Å². The highest BCUT2D eigenvalue weighted by Crippen LogP contribution is 2.34. The van der Waals surface area contributed by atoms with Gasteiger partial charge in [-0.2, -0.15) is 0 Å². The number of nitrogens with one attached hydrogen (secondary N) is 1. The Bertz CT molecular complexity index is 1220. The lowest BCUT2D eigenvalue weighted by molar-refractivity contribution is -0.133. The lowest BCUT2D eigenvalue weighted by Gasteiger charge is -2.44. The Morgan fingerprint density at radius 1 is 1.16 bits per heavy atom. The zero-order chi connectivity index (χ0) is 26.7. The van der Waals surface area contributed by atoms with E-state index in [9.17, 15) is 18.0 Å². The highest BCUT2D eigenvalue weighted by Gasteiger charge is 2.43. The van der Waals surface area contributed by atoms with Crippen molar-refractivity contribution in [3.05, 3.63) is 48.4 Å². The van der Waals surface area contributed by atoms with E-state index in [2.05, 4.69) is 41.1 Å². The van der Waals surface area contributed by atoms with Crippen molar-refractivity contribution in [3.8, 4) is 11.3 Å². The first-order chi connectivity index (χ1) is 17.5. The molecule has 1 saturated heterocycles. The molecule has 1 saturated carbocycles. The van der Waals surface area contributed by atoms with Crippen LogP contribution in [0.3, 0.4) is 0 Å². The Morgan fingerprint density at radius 2 is 1.89 bits per heavy atom. The molecule has 0 bridgehead atoms. The molecule has 2 fully saturated rings. The minimum atomic E-state index is -3.21. The molecule has 1 N–H and O–H groups in total. The predicted molar refractivity (Wildman–Crippen MR) is 143 cm³/mol. The number of aromatic nitrogens is 2. The van der Waals surface area contributed by atoms with Gasteiger partial charge in [-0.15, -0.1) is 0 Å². The third-order valence-corrected chi connectivity index (χ3v) is 8.74. The van der Waals surface area contributed by atoms with Crippen LogP contribution in [0, 0.1) is 5.92 Å². The molecule has 1 aromatic carbocycles. The largest absolute Gasteiger partial charge is 0.339 e. The van der Waals surface area contributed by atoms with Gasteiger partial charge in [0.25, 0.3) is 5.91 Å². The molecular formula is C27H37N5O4S. The Labute approximate surface area is 219 Å². The first-order valence-electron chi connectivity index (χ1n) is 12.9. The van der Waals surface area contributed by atoms with Gasteiger partial charge in [0.1, 0.15) is 21.6 Å². The molecule has 9 nitrogen and oxygen atoms in total. The molecule has 2 heterocycles. The summed E-state index contributed by atoms with van der Waals surface area (Å²) < 4.78 is 24.5. The third kappa shape index (κ3) is 6.54. The summed E-state index contributed by atoms with van der Waals surface area (Å²) in [6.45, 7) is 4.76. The molecule has 1 aromatic heterocycles. The normalized spacial score (nSPS) is 24.6. The smallest absolute Gasteiger partial charge is 0.272 e. The molecule has 1 aliphatic carbocycles. The highest BCUT2D eigenvalue weighted by molar-refractivity contribution is 7.90. The second-order valence-electron chi connectivity index (χ2n) is 10.6. The molecule has 0 radical (unpaired) electrons. The maximum Gasteiger partial charge on any atom is 0.272 e. The Balaban J connectivity index is 1.45. The van der Waals surface area contributed by atoms with Crippen LogP contribution in [0.15, 0.2) is 42.7 Å². The van der Waals surface area contributed by atoms with Crippen molar-refractivity contribution in [1.82, 2.24) is 25.1 Å². The van der Waals surface area contributed by atoms with Crippen LogP contribution >= 0.6 is 0 Å². The van der Waals surface area contributed by atoms with Crippen LogP contribution < -0.4 is 5.32 Å². The maximum absolute atomic E-state index is 13.4. The number of amides is 2. The summed E-state index contributed by atoms with van der Waals surface area (Å²) >= 11 is 0. The van der Waals surface area contributed by atoms with Gasteiger partial charge >= 0.3 is 0 Å². The first kappa shape index (κ1) is 27.2. The Morgan fingerprint density at radius 3 is 2.57 bits per heavy atom. The van der Waals surface area contributed by atoms with Crippen molar-refractivity contribution in [3.63, 3.8) is 0 Å². The molecular weight excluding hydrogens is 490 g/mol. The van der Waals surface area contributed by atoms with Crippen LogP contribution in [0.25, 0.3) is 11.3 Å². The van der Waals surface area contributed by atoms with E-state index in [1.54, 1.807) is 11.1 Å².